The van der Waals surface area contributed by atoms with Crippen LogP contribution in [0.3, 0.4) is 0 Å². The van der Waals surface area contributed by atoms with Gasteiger partial charge in [0.2, 0.25) is 0 Å². The Kier molecular flexibility index (Phi) is 5.36. The van der Waals surface area contributed by atoms with Crippen molar-refractivity contribution in [2.75, 3.05) is 46.0 Å². The largest absolute Gasteiger partial charge is 0.378 e. The third-order valence-electron chi connectivity index (χ3n) is 5.05. The summed E-state index contributed by atoms with van der Waals surface area (Å²) in [5.41, 5.74) is 1.35. The minimum atomic E-state index is 0.147. The number of nitrogens with zero attached hydrogens (tertiary/aromatic N) is 3. The zero-order valence-corrected chi connectivity index (χ0v) is 14.6. The Hall–Kier alpha value is -0.950. The van der Waals surface area contributed by atoms with Gasteiger partial charge in [0.25, 0.3) is 0 Å². The lowest BCUT2D eigenvalue weighted by Gasteiger charge is -2.42. The van der Waals surface area contributed by atoms with Gasteiger partial charge in [-0.25, -0.2) is 0 Å². The van der Waals surface area contributed by atoms with Crippen molar-refractivity contribution in [1.29, 1.82) is 0 Å². The molecule has 0 radical (unpaired) electrons. The van der Waals surface area contributed by atoms with Gasteiger partial charge in [-0.15, -0.1) is 0 Å². The highest BCUT2D eigenvalue weighted by Crippen LogP contribution is 2.33. The lowest BCUT2D eigenvalue weighted by atomic mass is 9.97. The van der Waals surface area contributed by atoms with E-state index in [-0.39, 0.29) is 11.6 Å². The smallest absolute Gasteiger partial charge is 0.0896 e. The molecule has 1 aromatic heterocycles. The van der Waals surface area contributed by atoms with Crippen LogP contribution in [0.25, 0.3) is 0 Å². The average Bonchev–Trinajstić information content (AvgIpc) is 3.13. The maximum absolute atomic E-state index is 5.92. The number of ether oxygens (including phenoxy) is 2. The highest BCUT2D eigenvalue weighted by molar-refractivity contribution is 5.11. The highest BCUT2D eigenvalue weighted by atomic mass is 16.5. The molecule has 2 fully saturated rings. The minimum Gasteiger partial charge on any atom is -0.378 e. The molecule has 2 aliphatic heterocycles. The summed E-state index contributed by atoms with van der Waals surface area (Å²) in [4.78, 5) is 2.52. The summed E-state index contributed by atoms with van der Waals surface area (Å²) in [6.45, 7) is 11.2. The van der Waals surface area contributed by atoms with Crippen molar-refractivity contribution >= 4 is 0 Å². The van der Waals surface area contributed by atoms with Crippen molar-refractivity contribution in [3.05, 3.63) is 18.0 Å². The first kappa shape index (κ1) is 16.9. The first-order chi connectivity index (χ1) is 11.1. The molecule has 3 rings (SSSR count). The van der Waals surface area contributed by atoms with Crippen LogP contribution < -0.4 is 5.32 Å². The maximum Gasteiger partial charge on any atom is 0.0896 e. The Labute approximate surface area is 139 Å². The van der Waals surface area contributed by atoms with Gasteiger partial charge >= 0.3 is 0 Å². The lowest BCUT2D eigenvalue weighted by Crippen LogP contribution is -2.54. The molecule has 3 heterocycles. The van der Waals surface area contributed by atoms with Crippen LogP contribution in [-0.2, 0) is 16.5 Å². The van der Waals surface area contributed by atoms with E-state index in [0.29, 0.717) is 5.92 Å². The minimum absolute atomic E-state index is 0.147. The van der Waals surface area contributed by atoms with Crippen LogP contribution in [0.5, 0.6) is 0 Å². The molecule has 6 heteroatoms. The Balaban J connectivity index is 1.43. The molecule has 0 spiro atoms. The Bertz CT molecular complexity index is 503. The molecule has 1 N–H and O–H groups in total. The molecular formula is C17H30N4O2. The molecule has 0 unspecified atom stereocenters. The molecule has 6 nitrogen and oxygen atoms in total. The number of aryl methyl sites for hydroxylation is 1. The van der Waals surface area contributed by atoms with Crippen molar-refractivity contribution in [2.45, 2.75) is 31.9 Å². The second kappa shape index (κ2) is 7.30. The average molecular weight is 322 g/mol. The monoisotopic (exact) mass is 322 g/mol. The molecule has 0 aromatic carbocycles. The standard InChI is InChI=1S/C17H30N4O2/c1-17(2)13-22-9-7-21(17)6-5-18-10-14-4-8-23-16(14)15-11-19-20(3)12-15/h11-12,14,16,18H,4-10,13H2,1-3H3/t14-,16+/m1/s1. The van der Waals surface area contributed by atoms with Gasteiger partial charge in [-0.05, 0) is 20.3 Å². The van der Waals surface area contributed by atoms with Crippen molar-refractivity contribution in [3.8, 4) is 0 Å². The normalized spacial score (nSPS) is 28.3. The van der Waals surface area contributed by atoms with Crippen LogP contribution in [0.2, 0.25) is 0 Å². The zero-order valence-electron chi connectivity index (χ0n) is 14.6. The third-order valence-corrected chi connectivity index (χ3v) is 5.05. The lowest BCUT2D eigenvalue weighted by molar-refractivity contribution is -0.0501. The SMILES string of the molecule is Cn1cc([C@H]2OCC[C@@H]2CNCCN2CCOCC2(C)C)cn1. The van der Waals surface area contributed by atoms with Crippen LogP contribution in [0, 0.1) is 5.92 Å². The summed E-state index contributed by atoms with van der Waals surface area (Å²) in [7, 11) is 1.95. The summed E-state index contributed by atoms with van der Waals surface area (Å²) >= 11 is 0. The summed E-state index contributed by atoms with van der Waals surface area (Å²) in [6.07, 6.45) is 5.31. The maximum atomic E-state index is 5.92. The van der Waals surface area contributed by atoms with Gasteiger partial charge in [0.1, 0.15) is 0 Å². The fourth-order valence-electron chi connectivity index (χ4n) is 3.60. The topological polar surface area (TPSA) is 51.5 Å². The van der Waals surface area contributed by atoms with Gasteiger partial charge < -0.3 is 14.8 Å². The second-order valence-corrected chi connectivity index (χ2v) is 7.34. The molecular weight excluding hydrogens is 292 g/mol. The van der Waals surface area contributed by atoms with E-state index in [1.807, 2.05) is 17.9 Å². The fourth-order valence-corrected chi connectivity index (χ4v) is 3.60. The van der Waals surface area contributed by atoms with E-state index in [9.17, 15) is 0 Å². The van der Waals surface area contributed by atoms with E-state index in [1.165, 1.54) is 5.56 Å². The van der Waals surface area contributed by atoms with Crippen LogP contribution in [0.4, 0.5) is 0 Å². The third kappa shape index (κ3) is 4.12. The summed E-state index contributed by atoms with van der Waals surface area (Å²) in [5.74, 6) is 0.539. The fraction of sp³-hybridized carbons (Fsp3) is 0.824. The molecule has 2 saturated heterocycles. The number of hydrogen-bond donors (Lipinski definition) is 1. The predicted molar refractivity (Wildman–Crippen MR) is 89.3 cm³/mol. The molecule has 0 bridgehead atoms. The van der Waals surface area contributed by atoms with Crippen LogP contribution in [-0.4, -0.2) is 66.2 Å². The van der Waals surface area contributed by atoms with Crippen molar-refractivity contribution in [2.24, 2.45) is 13.0 Å². The van der Waals surface area contributed by atoms with E-state index >= 15 is 0 Å². The Morgan fingerprint density at radius 2 is 2.26 bits per heavy atom. The van der Waals surface area contributed by atoms with Gasteiger partial charge in [-0.3, -0.25) is 9.58 Å². The Morgan fingerprint density at radius 3 is 3.00 bits per heavy atom. The van der Waals surface area contributed by atoms with Gasteiger partial charge in [0, 0.05) is 63.1 Å². The van der Waals surface area contributed by atoms with E-state index in [0.717, 1.165) is 52.4 Å². The quantitative estimate of drug-likeness (QED) is 0.798. The zero-order chi connectivity index (χ0) is 16.3. The Morgan fingerprint density at radius 1 is 1.39 bits per heavy atom. The van der Waals surface area contributed by atoms with Gasteiger partial charge in [0.15, 0.2) is 0 Å². The molecule has 2 aliphatic rings. The molecule has 0 amide bonds. The van der Waals surface area contributed by atoms with Crippen molar-refractivity contribution in [3.63, 3.8) is 0 Å². The van der Waals surface area contributed by atoms with E-state index in [1.54, 1.807) is 0 Å². The number of hydrogen-bond acceptors (Lipinski definition) is 5. The van der Waals surface area contributed by atoms with Gasteiger partial charge in [-0.1, -0.05) is 0 Å². The molecule has 130 valence electrons. The number of nitrogens with one attached hydrogen (secondary N) is 1. The van der Waals surface area contributed by atoms with Crippen molar-refractivity contribution in [1.82, 2.24) is 20.0 Å². The summed E-state index contributed by atoms with van der Waals surface area (Å²) in [6, 6.07) is 0. The van der Waals surface area contributed by atoms with Crippen LogP contribution in [0.1, 0.15) is 31.9 Å². The van der Waals surface area contributed by atoms with Gasteiger partial charge in [0.05, 0.1) is 25.5 Å². The number of rotatable bonds is 6. The van der Waals surface area contributed by atoms with Crippen LogP contribution >= 0.6 is 0 Å². The second-order valence-electron chi connectivity index (χ2n) is 7.34. The first-order valence-electron chi connectivity index (χ1n) is 8.70. The summed E-state index contributed by atoms with van der Waals surface area (Å²) < 4.78 is 13.4. The highest BCUT2D eigenvalue weighted by Gasteiger charge is 2.31. The molecule has 0 aliphatic carbocycles. The van der Waals surface area contributed by atoms with E-state index in [4.69, 9.17) is 9.47 Å². The molecule has 2 atom stereocenters. The van der Waals surface area contributed by atoms with Gasteiger partial charge in [-0.2, -0.15) is 5.10 Å². The number of morpholine rings is 1. The van der Waals surface area contributed by atoms with E-state index < -0.39 is 0 Å². The molecule has 1 aromatic rings. The van der Waals surface area contributed by atoms with Crippen LogP contribution in [0.15, 0.2) is 12.4 Å². The predicted octanol–water partition coefficient (Wildman–Crippen LogP) is 1.20. The number of aromatic nitrogens is 2. The molecule has 23 heavy (non-hydrogen) atoms. The summed E-state index contributed by atoms with van der Waals surface area (Å²) in [5, 5.41) is 7.90. The van der Waals surface area contributed by atoms with E-state index in [2.05, 4.69) is 35.4 Å². The molecule has 0 saturated carbocycles. The first-order valence-corrected chi connectivity index (χ1v) is 8.70. The van der Waals surface area contributed by atoms with Crippen molar-refractivity contribution < 1.29 is 9.47 Å².